The zero-order valence-electron chi connectivity index (χ0n) is 12.5. The summed E-state index contributed by atoms with van der Waals surface area (Å²) in [7, 11) is 2.21. The maximum absolute atomic E-state index is 6.02. The van der Waals surface area contributed by atoms with Crippen LogP contribution < -0.4 is 5.73 Å². The van der Waals surface area contributed by atoms with E-state index in [1.54, 1.807) is 0 Å². The van der Waals surface area contributed by atoms with Crippen molar-refractivity contribution in [2.24, 2.45) is 11.7 Å². The number of halogens is 1. The van der Waals surface area contributed by atoms with E-state index in [9.17, 15) is 0 Å². The molecule has 1 unspecified atom stereocenters. The molecule has 0 aromatic heterocycles. The van der Waals surface area contributed by atoms with Gasteiger partial charge in [-0.05, 0) is 37.1 Å². The first-order valence-electron chi connectivity index (χ1n) is 7.84. The first kappa shape index (κ1) is 16.0. The Hall–Kier alpha value is -0.380. The fourth-order valence-corrected chi connectivity index (χ4v) is 3.76. The predicted molar refractivity (Wildman–Crippen MR) is 89.6 cm³/mol. The molecule has 1 aliphatic carbocycles. The number of rotatable bonds is 6. The molecule has 0 saturated heterocycles. The van der Waals surface area contributed by atoms with Gasteiger partial charge in [0.1, 0.15) is 0 Å². The fraction of sp³-hybridized carbons (Fsp3) is 0.647. The lowest BCUT2D eigenvalue weighted by Crippen LogP contribution is -2.39. The third kappa shape index (κ3) is 4.87. The molecule has 20 heavy (non-hydrogen) atoms. The highest BCUT2D eigenvalue weighted by atomic mass is 79.9. The minimum absolute atomic E-state index is 0.511. The van der Waals surface area contributed by atoms with Gasteiger partial charge in [-0.1, -0.05) is 60.2 Å². The maximum Gasteiger partial charge on any atom is 0.0234 e. The van der Waals surface area contributed by atoms with Crippen LogP contribution in [0.4, 0.5) is 0 Å². The molecule has 2 N–H and O–H groups in total. The van der Waals surface area contributed by atoms with Crippen molar-refractivity contribution in [2.75, 3.05) is 13.6 Å². The number of benzene rings is 1. The van der Waals surface area contributed by atoms with Crippen LogP contribution >= 0.6 is 15.9 Å². The Balaban J connectivity index is 1.89. The summed E-state index contributed by atoms with van der Waals surface area (Å²) in [5.41, 5.74) is 7.37. The number of nitrogens with zero attached hydrogens (tertiary/aromatic N) is 1. The highest BCUT2D eigenvalue weighted by Crippen LogP contribution is 2.28. The molecule has 0 spiro atoms. The lowest BCUT2D eigenvalue weighted by Gasteiger charge is -2.32. The molecule has 1 saturated carbocycles. The van der Waals surface area contributed by atoms with Gasteiger partial charge < -0.3 is 5.73 Å². The molecule has 0 bridgehead atoms. The predicted octanol–water partition coefficient (Wildman–Crippen LogP) is 4.18. The van der Waals surface area contributed by atoms with Gasteiger partial charge in [0, 0.05) is 23.6 Å². The van der Waals surface area contributed by atoms with E-state index >= 15 is 0 Å². The van der Waals surface area contributed by atoms with E-state index in [0.717, 1.165) is 23.5 Å². The van der Waals surface area contributed by atoms with Crippen molar-refractivity contribution in [1.82, 2.24) is 4.90 Å². The van der Waals surface area contributed by atoms with Crippen molar-refractivity contribution in [3.8, 4) is 0 Å². The summed E-state index contributed by atoms with van der Waals surface area (Å²) in [5, 5.41) is 0. The lowest BCUT2D eigenvalue weighted by atomic mass is 9.84. The summed E-state index contributed by atoms with van der Waals surface area (Å²) in [6.07, 6.45) is 8.33. The fourth-order valence-electron chi connectivity index (χ4n) is 3.32. The van der Waals surface area contributed by atoms with Gasteiger partial charge in [-0.15, -0.1) is 0 Å². The monoisotopic (exact) mass is 338 g/mol. The third-order valence-corrected chi connectivity index (χ3v) is 5.04. The van der Waals surface area contributed by atoms with E-state index < -0.39 is 0 Å². The van der Waals surface area contributed by atoms with Gasteiger partial charge in [0.15, 0.2) is 0 Å². The largest absolute Gasteiger partial charge is 0.329 e. The van der Waals surface area contributed by atoms with E-state index in [2.05, 4.69) is 52.1 Å². The average Bonchev–Trinajstić information content (AvgIpc) is 2.45. The Morgan fingerprint density at radius 2 is 2.05 bits per heavy atom. The molecule has 0 heterocycles. The van der Waals surface area contributed by atoms with Crippen LogP contribution in [0.25, 0.3) is 0 Å². The van der Waals surface area contributed by atoms with Gasteiger partial charge in [-0.3, -0.25) is 4.90 Å². The Bertz CT molecular complexity index is 402. The number of likely N-dealkylation sites (N-methyl/N-ethyl adjacent to an activating group) is 1. The summed E-state index contributed by atoms with van der Waals surface area (Å²) in [6.45, 7) is 1.75. The lowest BCUT2D eigenvalue weighted by molar-refractivity contribution is 0.185. The van der Waals surface area contributed by atoms with Crippen LogP contribution in [0, 0.1) is 5.92 Å². The van der Waals surface area contributed by atoms with Gasteiger partial charge in [-0.25, -0.2) is 0 Å². The molecule has 1 aromatic carbocycles. The highest BCUT2D eigenvalue weighted by Gasteiger charge is 2.21. The number of hydrogen-bond donors (Lipinski definition) is 1. The van der Waals surface area contributed by atoms with Crippen LogP contribution in [0.15, 0.2) is 28.7 Å². The molecule has 2 nitrogen and oxygen atoms in total. The van der Waals surface area contributed by atoms with E-state index in [-0.39, 0.29) is 0 Å². The second kappa shape index (κ2) is 8.16. The first-order chi connectivity index (χ1) is 9.69. The molecule has 0 radical (unpaired) electrons. The Labute approximate surface area is 131 Å². The summed E-state index contributed by atoms with van der Waals surface area (Å²) in [4.78, 5) is 2.43. The van der Waals surface area contributed by atoms with Crippen molar-refractivity contribution in [1.29, 1.82) is 0 Å². The van der Waals surface area contributed by atoms with Crippen molar-refractivity contribution < 1.29 is 0 Å². The highest BCUT2D eigenvalue weighted by molar-refractivity contribution is 9.10. The van der Waals surface area contributed by atoms with Gasteiger partial charge >= 0.3 is 0 Å². The normalized spacial score (nSPS) is 18.4. The number of hydrogen-bond acceptors (Lipinski definition) is 2. The van der Waals surface area contributed by atoms with E-state index in [1.807, 2.05) is 0 Å². The quantitative estimate of drug-likeness (QED) is 0.842. The Kier molecular flexibility index (Phi) is 6.53. The third-order valence-electron chi connectivity index (χ3n) is 4.55. The van der Waals surface area contributed by atoms with Crippen molar-refractivity contribution in [3.63, 3.8) is 0 Å². The van der Waals surface area contributed by atoms with E-state index in [4.69, 9.17) is 5.73 Å². The Morgan fingerprint density at radius 3 is 2.70 bits per heavy atom. The first-order valence-corrected chi connectivity index (χ1v) is 8.63. The zero-order chi connectivity index (χ0) is 14.4. The second-order valence-corrected chi connectivity index (χ2v) is 7.09. The molecule has 3 heteroatoms. The zero-order valence-corrected chi connectivity index (χ0v) is 14.1. The standard InChI is InChI=1S/C17H27BrN2/c1-20(13-15-8-5-9-16(18)10-15)17(12-19)11-14-6-3-2-4-7-14/h5,8-10,14,17H,2-4,6-7,11-13,19H2,1H3. The van der Waals surface area contributed by atoms with Gasteiger partial charge in [-0.2, -0.15) is 0 Å². The second-order valence-electron chi connectivity index (χ2n) is 6.17. The van der Waals surface area contributed by atoms with Gasteiger partial charge in [0.25, 0.3) is 0 Å². The van der Waals surface area contributed by atoms with Crippen LogP contribution in [0.3, 0.4) is 0 Å². The smallest absolute Gasteiger partial charge is 0.0234 e. The molecule has 1 atom stereocenters. The van der Waals surface area contributed by atoms with Gasteiger partial charge in [0.2, 0.25) is 0 Å². The molecule has 0 aliphatic heterocycles. The van der Waals surface area contributed by atoms with E-state index in [0.29, 0.717) is 6.04 Å². The Morgan fingerprint density at radius 1 is 1.30 bits per heavy atom. The van der Waals surface area contributed by atoms with Crippen LogP contribution in [-0.4, -0.2) is 24.5 Å². The summed E-state index contributed by atoms with van der Waals surface area (Å²) < 4.78 is 1.15. The summed E-state index contributed by atoms with van der Waals surface area (Å²) in [5.74, 6) is 0.891. The maximum atomic E-state index is 6.02. The minimum atomic E-state index is 0.511. The van der Waals surface area contributed by atoms with Crippen LogP contribution in [-0.2, 0) is 6.54 Å². The van der Waals surface area contributed by atoms with Crippen LogP contribution in [0.5, 0.6) is 0 Å². The van der Waals surface area contributed by atoms with Crippen molar-refractivity contribution in [3.05, 3.63) is 34.3 Å². The topological polar surface area (TPSA) is 29.3 Å². The molecule has 1 aliphatic rings. The molecule has 112 valence electrons. The van der Waals surface area contributed by atoms with Crippen LogP contribution in [0.2, 0.25) is 0 Å². The molecule has 1 aromatic rings. The van der Waals surface area contributed by atoms with Gasteiger partial charge in [0.05, 0.1) is 0 Å². The SMILES string of the molecule is CN(Cc1cccc(Br)c1)C(CN)CC1CCCCC1. The summed E-state index contributed by atoms with van der Waals surface area (Å²) in [6, 6.07) is 9.08. The molecule has 1 fully saturated rings. The molecular formula is C17H27BrN2. The van der Waals surface area contributed by atoms with Crippen molar-refractivity contribution in [2.45, 2.75) is 51.1 Å². The number of nitrogens with two attached hydrogens (primary N) is 1. The molecule has 0 amide bonds. The molecular weight excluding hydrogens is 312 g/mol. The van der Waals surface area contributed by atoms with Crippen LogP contribution in [0.1, 0.15) is 44.1 Å². The summed E-state index contributed by atoms with van der Waals surface area (Å²) >= 11 is 3.54. The van der Waals surface area contributed by atoms with E-state index in [1.165, 1.54) is 44.1 Å². The average molecular weight is 339 g/mol. The van der Waals surface area contributed by atoms with Crippen molar-refractivity contribution >= 4 is 15.9 Å². The minimum Gasteiger partial charge on any atom is -0.329 e. The molecule has 2 rings (SSSR count).